The van der Waals surface area contributed by atoms with Gasteiger partial charge in [0.2, 0.25) is 0 Å². The van der Waals surface area contributed by atoms with Gasteiger partial charge in [0, 0.05) is 13.1 Å². The number of carbonyl (C=O) groups excluding carboxylic acids is 1. The topological polar surface area (TPSA) is 92.5 Å². The molecular formula is C13H19N3O3S. The molecule has 1 aliphatic rings. The van der Waals surface area contributed by atoms with Gasteiger partial charge in [0.25, 0.3) is 5.91 Å². The quantitative estimate of drug-likeness (QED) is 0.874. The molecule has 0 radical (unpaired) electrons. The number of anilines is 1. The zero-order valence-electron chi connectivity index (χ0n) is 11.4. The fraction of sp³-hybridized carbons (Fsp3) is 0.462. The fourth-order valence-electron chi connectivity index (χ4n) is 2.36. The van der Waals surface area contributed by atoms with Crippen LogP contribution in [0.15, 0.2) is 24.3 Å². The summed E-state index contributed by atoms with van der Waals surface area (Å²) in [5, 5.41) is 0. The van der Waals surface area contributed by atoms with E-state index in [1.165, 1.54) is 16.4 Å². The molecule has 1 aromatic rings. The van der Waals surface area contributed by atoms with Crippen molar-refractivity contribution in [2.45, 2.75) is 19.8 Å². The number of nitrogens with one attached hydrogen (secondary N) is 1. The van der Waals surface area contributed by atoms with E-state index in [-0.39, 0.29) is 11.3 Å². The van der Waals surface area contributed by atoms with Crippen LogP contribution >= 0.6 is 0 Å². The number of benzene rings is 1. The third-order valence-corrected chi connectivity index (χ3v) is 4.88. The fourth-order valence-corrected chi connectivity index (χ4v) is 3.76. The third-order valence-electron chi connectivity index (χ3n) is 3.39. The van der Waals surface area contributed by atoms with Gasteiger partial charge in [-0.15, -0.1) is 0 Å². The van der Waals surface area contributed by atoms with Gasteiger partial charge in [-0.2, -0.15) is 12.7 Å². The lowest BCUT2D eigenvalue weighted by atomic mass is 10.0. The van der Waals surface area contributed by atoms with E-state index in [0.717, 1.165) is 12.8 Å². The summed E-state index contributed by atoms with van der Waals surface area (Å²) in [5.74, 6) is -0.318. The predicted molar refractivity (Wildman–Crippen MR) is 77.5 cm³/mol. The summed E-state index contributed by atoms with van der Waals surface area (Å²) in [5.41, 5.74) is 5.63. The number of carbonyl (C=O) groups is 1. The Hall–Kier alpha value is -1.60. The third kappa shape index (κ3) is 3.29. The van der Waals surface area contributed by atoms with Crippen molar-refractivity contribution in [1.82, 2.24) is 4.31 Å². The molecule has 1 saturated heterocycles. The summed E-state index contributed by atoms with van der Waals surface area (Å²) in [4.78, 5) is 11.3. The lowest BCUT2D eigenvalue weighted by molar-refractivity contribution is 0.100. The van der Waals surface area contributed by atoms with Crippen LogP contribution in [0, 0.1) is 5.92 Å². The average molecular weight is 297 g/mol. The highest BCUT2D eigenvalue weighted by atomic mass is 32.2. The smallest absolute Gasteiger partial charge is 0.301 e. The van der Waals surface area contributed by atoms with Gasteiger partial charge in [0.15, 0.2) is 0 Å². The van der Waals surface area contributed by atoms with Crippen molar-refractivity contribution in [2.24, 2.45) is 11.7 Å². The first-order valence-electron chi connectivity index (χ1n) is 6.57. The maximum absolute atomic E-state index is 12.3. The largest absolute Gasteiger partial charge is 0.366 e. The van der Waals surface area contributed by atoms with E-state index in [9.17, 15) is 13.2 Å². The molecule has 1 atom stereocenters. The number of piperidine rings is 1. The summed E-state index contributed by atoms with van der Waals surface area (Å²) in [6, 6.07) is 6.33. The van der Waals surface area contributed by atoms with Crippen molar-refractivity contribution in [3.63, 3.8) is 0 Å². The van der Waals surface area contributed by atoms with Gasteiger partial charge in [-0.3, -0.25) is 9.52 Å². The van der Waals surface area contributed by atoms with Crippen molar-refractivity contribution in [1.29, 1.82) is 0 Å². The number of hydrogen-bond donors (Lipinski definition) is 2. The molecule has 2 rings (SSSR count). The van der Waals surface area contributed by atoms with Crippen molar-refractivity contribution >= 4 is 21.8 Å². The Kier molecular flexibility index (Phi) is 4.29. The Morgan fingerprint density at radius 1 is 1.40 bits per heavy atom. The minimum Gasteiger partial charge on any atom is -0.366 e. The Bertz CT molecular complexity index is 601. The molecule has 7 heteroatoms. The maximum atomic E-state index is 12.3. The normalized spacial score (nSPS) is 20.6. The van der Waals surface area contributed by atoms with E-state index in [1.54, 1.807) is 12.1 Å². The van der Waals surface area contributed by atoms with Gasteiger partial charge >= 0.3 is 10.2 Å². The van der Waals surface area contributed by atoms with Gasteiger partial charge in [-0.1, -0.05) is 19.1 Å². The lowest BCUT2D eigenvalue weighted by Gasteiger charge is -2.30. The summed E-state index contributed by atoms with van der Waals surface area (Å²) < 4.78 is 28.5. The standard InChI is InChI=1S/C13H19N3O3S/c1-10-5-4-8-16(9-10)20(18,19)15-12-7-3-2-6-11(12)13(14)17/h2-3,6-7,10,15H,4-5,8-9H2,1H3,(H2,14,17)/t10-/m1/s1. The molecule has 1 amide bonds. The van der Waals surface area contributed by atoms with Crippen LogP contribution in [0.4, 0.5) is 5.69 Å². The van der Waals surface area contributed by atoms with Crippen LogP contribution in [-0.4, -0.2) is 31.7 Å². The Balaban J connectivity index is 2.22. The van der Waals surface area contributed by atoms with E-state index in [0.29, 0.717) is 19.0 Å². The van der Waals surface area contributed by atoms with Gasteiger partial charge < -0.3 is 5.73 Å². The number of hydrogen-bond acceptors (Lipinski definition) is 3. The average Bonchev–Trinajstić information content (AvgIpc) is 2.38. The van der Waals surface area contributed by atoms with Crippen molar-refractivity contribution in [2.75, 3.05) is 17.8 Å². The Labute approximate surface area is 119 Å². The molecule has 0 spiro atoms. The second-order valence-corrected chi connectivity index (χ2v) is 6.79. The minimum absolute atomic E-state index is 0.168. The number of para-hydroxylation sites is 1. The minimum atomic E-state index is -3.65. The molecule has 3 N–H and O–H groups in total. The Morgan fingerprint density at radius 2 is 2.10 bits per heavy atom. The summed E-state index contributed by atoms with van der Waals surface area (Å²) in [6.45, 7) is 3.02. The molecule has 20 heavy (non-hydrogen) atoms. The molecular weight excluding hydrogens is 278 g/mol. The summed E-state index contributed by atoms with van der Waals surface area (Å²) in [6.07, 6.45) is 1.88. The van der Waals surface area contributed by atoms with Gasteiger partial charge in [0.1, 0.15) is 0 Å². The Morgan fingerprint density at radius 3 is 2.75 bits per heavy atom. The molecule has 0 unspecified atom stereocenters. The molecule has 110 valence electrons. The van der Waals surface area contributed by atoms with E-state index < -0.39 is 16.1 Å². The van der Waals surface area contributed by atoms with Crippen molar-refractivity contribution < 1.29 is 13.2 Å². The second-order valence-electron chi connectivity index (χ2n) is 5.12. The van der Waals surface area contributed by atoms with E-state index in [1.807, 2.05) is 6.92 Å². The highest BCUT2D eigenvalue weighted by Crippen LogP contribution is 2.22. The van der Waals surface area contributed by atoms with E-state index >= 15 is 0 Å². The van der Waals surface area contributed by atoms with E-state index in [2.05, 4.69) is 4.72 Å². The van der Waals surface area contributed by atoms with Gasteiger partial charge in [-0.25, -0.2) is 0 Å². The first-order valence-corrected chi connectivity index (χ1v) is 8.01. The van der Waals surface area contributed by atoms with Crippen LogP contribution in [0.3, 0.4) is 0 Å². The zero-order chi connectivity index (χ0) is 14.8. The number of rotatable bonds is 4. The molecule has 1 aliphatic heterocycles. The molecule has 1 aromatic carbocycles. The second kappa shape index (κ2) is 5.80. The molecule has 6 nitrogen and oxygen atoms in total. The molecule has 0 saturated carbocycles. The molecule has 1 heterocycles. The van der Waals surface area contributed by atoms with Gasteiger partial charge in [0.05, 0.1) is 11.3 Å². The van der Waals surface area contributed by atoms with Crippen LogP contribution in [0.5, 0.6) is 0 Å². The molecule has 0 aromatic heterocycles. The van der Waals surface area contributed by atoms with E-state index in [4.69, 9.17) is 5.73 Å². The van der Waals surface area contributed by atoms with Crippen LogP contribution in [-0.2, 0) is 10.2 Å². The molecule has 0 bridgehead atoms. The number of nitrogens with zero attached hydrogens (tertiary/aromatic N) is 1. The van der Waals surface area contributed by atoms with Crippen LogP contribution in [0.25, 0.3) is 0 Å². The predicted octanol–water partition coefficient (Wildman–Crippen LogP) is 1.17. The van der Waals surface area contributed by atoms with Crippen LogP contribution in [0.1, 0.15) is 30.1 Å². The van der Waals surface area contributed by atoms with Crippen LogP contribution in [0.2, 0.25) is 0 Å². The highest BCUT2D eigenvalue weighted by Gasteiger charge is 2.27. The SMILES string of the molecule is C[C@@H]1CCCN(S(=O)(=O)Nc2ccccc2C(N)=O)C1. The van der Waals surface area contributed by atoms with Crippen molar-refractivity contribution in [3.05, 3.63) is 29.8 Å². The first kappa shape index (κ1) is 14.8. The number of primary amides is 1. The lowest BCUT2D eigenvalue weighted by Crippen LogP contribution is -2.42. The number of nitrogens with two attached hydrogens (primary N) is 1. The maximum Gasteiger partial charge on any atom is 0.301 e. The molecule has 0 aliphatic carbocycles. The monoisotopic (exact) mass is 297 g/mol. The van der Waals surface area contributed by atoms with Gasteiger partial charge in [-0.05, 0) is 30.9 Å². The molecule has 1 fully saturated rings. The first-order chi connectivity index (χ1) is 9.40. The highest BCUT2D eigenvalue weighted by molar-refractivity contribution is 7.90. The summed E-state index contributed by atoms with van der Waals surface area (Å²) in [7, 11) is -3.65. The van der Waals surface area contributed by atoms with Crippen LogP contribution < -0.4 is 10.5 Å². The number of amides is 1. The van der Waals surface area contributed by atoms with Crippen molar-refractivity contribution in [3.8, 4) is 0 Å². The summed E-state index contributed by atoms with van der Waals surface area (Å²) >= 11 is 0. The zero-order valence-corrected chi connectivity index (χ0v) is 12.2.